The highest BCUT2D eigenvalue weighted by Crippen LogP contribution is 2.26. The highest BCUT2D eigenvalue weighted by molar-refractivity contribution is 5.75. The van der Waals surface area contributed by atoms with Crippen molar-refractivity contribution < 1.29 is 23.8 Å². The van der Waals surface area contributed by atoms with Crippen molar-refractivity contribution in [1.29, 1.82) is 0 Å². The maximum absolute atomic E-state index is 11.8. The minimum absolute atomic E-state index is 0.0855. The van der Waals surface area contributed by atoms with Gasteiger partial charge in [-0.15, -0.1) is 0 Å². The summed E-state index contributed by atoms with van der Waals surface area (Å²) in [5.74, 6) is 1.29. The quantitative estimate of drug-likeness (QED) is 0.622. The molecule has 0 atom stereocenters. The molecule has 0 aliphatic heterocycles. The SMILES string of the molecule is CCOc1ccccc1OCCCC(=O)NCCNC(=O)OC(C)(C)C. The average molecular weight is 366 g/mol. The number of ether oxygens (including phenoxy) is 3. The highest BCUT2D eigenvalue weighted by atomic mass is 16.6. The van der Waals surface area contributed by atoms with E-state index in [1.54, 1.807) is 20.8 Å². The Kier molecular flexibility index (Phi) is 9.33. The van der Waals surface area contributed by atoms with Crippen molar-refractivity contribution in [3.05, 3.63) is 24.3 Å². The third-order valence-electron chi connectivity index (χ3n) is 3.07. The van der Waals surface area contributed by atoms with Crippen molar-refractivity contribution in [2.45, 2.75) is 46.1 Å². The van der Waals surface area contributed by atoms with E-state index in [4.69, 9.17) is 14.2 Å². The van der Waals surface area contributed by atoms with Crippen molar-refractivity contribution in [2.24, 2.45) is 0 Å². The first-order valence-corrected chi connectivity index (χ1v) is 8.90. The van der Waals surface area contributed by atoms with Crippen molar-refractivity contribution >= 4 is 12.0 Å². The molecule has 26 heavy (non-hydrogen) atoms. The van der Waals surface area contributed by atoms with E-state index in [1.807, 2.05) is 31.2 Å². The molecule has 7 heteroatoms. The number of carbonyl (C=O) groups excluding carboxylic acids is 2. The van der Waals surface area contributed by atoms with Crippen LogP contribution in [0.3, 0.4) is 0 Å². The van der Waals surface area contributed by atoms with Gasteiger partial charge in [0.15, 0.2) is 11.5 Å². The predicted octanol–water partition coefficient (Wildman–Crippen LogP) is 2.89. The van der Waals surface area contributed by atoms with Crippen molar-refractivity contribution in [3.8, 4) is 11.5 Å². The van der Waals surface area contributed by atoms with Crippen LogP contribution in [0.15, 0.2) is 24.3 Å². The lowest BCUT2D eigenvalue weighted by Gasteiger charge is -2.19. The standard InChI is InChI=1S/C19H30N2O5/c1-5-24-15-9-6-7-10-16(15)25-14-8-11-17(22)20-12-13-21-18(23)26-19(2,3)4/h6-7,9-10H,5,8,11-14H2,1-4H3,(H,20,22)(H,21,23). The number of benzene rings is 1. The lowest BCUT2D eigenvalue weighted by molar-refractivity contribution is -0.121. The summed E-state index contributed by atoms with van der Waals surface area (Å²) in [4.78, 5) is 23.2. The topological polar surface area (TPSA) is 85.9 Å². The van der Waals surface area contributed by atoms with Crippen LogP contribution in [0, 0.1) is 0 Å². The van der Waals surface area contributed by atoms with E-state index in [1.165, 1.54) is 0 Å². The number of amides is 2. The smallest absolute Gasteiger partial charge is 0.407 e. The molecule has 0 aliphatic rings. The van der Waals surface area contributed by atoms with Gasteiger partial charge >= 0.3 is 6.09 Å². The Labute approximate surface area is 155 Å². The molecule has 0 spiro atoms. The predicted molar refractivity (Wildman–Crippen MR) is 99.6 cm³/mol. The molecule has 0 fully saturated rings. The van der Waals surface area contributed by atoms with E-state index in [9.17, 15) is 9.59 Å². The van der Waals surface area contributed by atoms with Crippen molar-refractivity contribution in [3.63, 3.8) is 0 Å². The van der Waals surface area contributed by atoms with Crippen LogP contribution in [-0.2, 0) is 9.53 Å². The molecular weight excluding hydrogens is 336 g/mol. The van der Waals surface area contributed by atoms with Crippen LogP contribution in [0.25, 0.3) is 0 Å². The third-order valence-corrected chi connectivity index (χ3v) is 3.07. The lowest BCUT2D eigenvalue weighted by atomic mass is 10.2. The van der Waals surface area contributed by atoms with E-state index < -0.39 is 11.7 Å². The number of nitrogens with one attached hydrogen (secondary N) is 2. The number of hydrogen-bond donors (Lipinski definition) is 2. The molecule has 0 aromatic heterocycles. The Balaban J connectivity index is 2.13. The molecule has 1 aromatic carbocycles. The molecule has 2 amide bonds. The molecule has 0 aliphatic carbocycles. The summed E-state index contributed by atoms with van der Waals surface area (Å²) in [7, 11) is 0. The van der Waals surface area contributed by atoms with E-state index in [-0.39, 0.29) is 5.91 Å². The van der Waals surface area contributed by atoms with Crippen molar-refractivity contribution in [1.82, 2.24) is 10.6 Å². The Morgan fingerprint density at radius 3 is 2.23 bits per heavy atom. The van der Waals surface area contributed by atoms with Crippen LogP contribution in [-0.4, -0.2) is 43.9 Å². The van der Waals surface area contributed by atoms with E-state index in [2.05, 4.69) is 10.6 Å². The van der Waals surface area contributed by atoms with Gasteiger partial charge in [0.1, 0.15) is 5.60 Å². The molecule has 1 rings (SSSR count). The Morgan fingerprint density at radius 1 is 1.00 bits per heavy atom. The summed E-state index contributed by atoms with van der Waals surface area (Å²) in [5, 5.41) is 5.33. The van der Waals surface area contributed by atoms with Crippen LogP contribution in [0.5, 0.6) is 11.5 Å². The summed E-state index contributed by atoms with van der Waals surface area (Å²) in [6, 6.07) is 7.45. The largest absolute Gasteiger partial charge is 0.490 e. The molecule has 7 nitrogen and oxygen atoms in total. The number of para-hydroxylation sites is 2. The Morgan fingerprint density at radius 2 is 1.62 bits per heavy atom. The Hall–Kier alpha value is -2.44. The molecule has 0 radical (unpaired) electrons. The van der Waals surface area contributed by atoms with E-state index >= 15 is 0 Å². The number of hydrogen-bond acceptors (Lipinski definition) is 5. The fraction of sp³-hybridized carbons (Fsp3) is 0.579. The number of alkyl carbamates (subject to hydrolysis) is 1. The number of carbonyl (C=O) groups is 2. The molecule has 0 saturated carbocycles. The van der Waals surface area contributed by atoms with Gasteiger partial charge in [0.25, 0.3) is 0 Å². The van der Waals surface area contributed by atoms with Crippen molar-refractivity contribution in [2.75, 3.05) is 26.3 Å². The molecule has 2 N–H and O–H groups in total. The van der Waals surface area contributed by atoms with Gasteiger partial charge in [-0.1, -0.05) is 12.1 Å². The second kappa shape index (κ2) is 11.2. The Bertz CT molecular complexity index is 569. The average Bonchev–Trinajstić information content (AvgIpc) is 2.55. The second-order valence-corrected chi connectivity index (χ2v) is 6.61. The molecule has 0 saturated heterocycles. The van der Waals surface area contributed by atoms with Gasteiger partial charge in [0.05, 0.1) is 13.2 Å². The van der Waals surface area contributed by atoms with Gasteiger partial charge in [-0.05, 0) is 46.2 Å². The first-order chi connectivity index (χ1) is 12.3. The fourth-order valence-electron chi connectivity index (χ4n) is 2.03. The summed E-state index contributed by atoms with van der Waals surface area (Å²) in [5.41, 5.74) is -0.534. The monoisotopic (exact) mass is 366 g/mol. The van der Waals surface area contributed by atoms with E-state index in [0.29, 0.717) is 50.6 Å². The summed E-state index contributed by atoms with van der Waals surface area (Å²) >= 11 is 0. The van der Waals surface area contributed by atoms with Crippen LogP contribution < -0.4 is 20.1 Å². The van der Waals surface area contributed by atoms with Gasteiger partial charge in [0, 0.05) is 19.5 Å². The molecular formula is C19H30N2O5. The molecule has 0 heterocycles. The molecule has 0 unspecified atom stereocenters. The van der Waals surface area contributed by atoms with Crippen LogP contribution in [0.4, 0.5) is 4.79 Å². The summed E-state index contributed by atoms with van der Waals surface area (Å²) < 4.78 is 16.2. The summed E-state index contributed by atoms with van der Waals surface area (Å²) in [6.07, 6.45) is 0.447. The first-order valence-electron chi connectivity index (χ1n) is 8.90. The zero-order chi connectivity index (χ0) is 19.4. The first kappa shape index (κ1) is 21.6. The van der Waals surface area contributed by atoms with Crippen LogP contribution in [0.2, 0.25) is 0 Å². The lowest BCUT2D eigenvalue weighted by Crippen LogP contribution is -2.37. The number of rotatable bonds is 10. The molecule has 0 bridgehead atoms. The normalized spacial score (nSPS) is 10.8. The van der Waals surface area contributed by atoms with Crippen LogP contribution in [0.1, 0.15) is 40.5 Å². The highest BCUT2D eigenvalue weighted by Gasteiger charge is 2.15. The maximum atomic E-state index is 11.8. The molecule has 146 valence electrons. The maximum Gasteiger partial charge on any atom is 0.407 e. The van der Waals surface area contributed by atoms with E-state index in [0.717, 1.165) is 0 Å². The van der Waals surface area contributed by atoms with Gasteiger partial charge in [-0.25, -0.2) is 4.79 Å². The summed E-state index contributed by atoms with van der Waals surface area (Å²) in [6.45, 7) is 8.97. The minimum Gasteiger partial charge on any atom is -0.490 e. The van der Waals surface area contributed by atoms with Gasteiger partial charge in [-0.3, -0.25) is 4.79 Å². The second-order valence-electron chi connectivity index (χ2n) is 6.61. The van der Waals surface area contributed by atoms with Crippen LogP contribution >= 0.6 is 0 Å². The zero-order valence-corrected chi connectivity index (χ0v) is 16.1. The van der Waals surface area contributed by atoms with Gasteiger partial charge in [0.2, 0.25) is 5.91 Å². The minimum atomic E-state index is -0.534. The zero-order valence-electron chi connectivity index (χ0n) is 16.1. The fourth-order valence-corrected chi connectivity index (χ4v) is 2.03. The molecule has 1 aromatic rings. The van der Waals surface area contributed by atoms with Gasteiger partial charge in [-0.2, -0.15) is 0 Å². The third kappa shape index (κ3) is 9.76. The van der Waals surface area contributed by atoms with Gasteiger partial charge < -0.3 is 24.8 Å².